The number of halogens is 1. The fraction of sp³-hybridized carbons (Fsp3) is 0.125. The van der Waals surface area contributed by atoms with Gasteiger partial charge in [-0.15, -0.1) is 10.2 Å². The summed E-state index contributed by atoms with van der Waals surface area (Å²) < 4.78 is 2.82. The molecule has 0 unspecified atom stereocenters. The number of aromatic nitrogens is 4. The fourth-order valence-electron chi connectivity index (χ4n) is 1.09. The Kier molecular flexibility index (Phi) is 2.10. The average molecular weight is 239 g/mol. The van der Waals surface area contributed by atoms with E-state index in [1.807, 2.05) is 17.6 Å². The van der Waals surface area contributed by atoms with Gasteiger partial charge in [0.25, 0.3) is 0 Å². The smallest absolute Gasteiger partial charge is 0.134 e. The van der Waals surface area contributed by atoms with Crippen molar-refractivity contribution in [1.29, 1.82) is 0 Å². The lowest BCUT2D eigenvalue weighted by molar-refractivity contribution is 0.960. The Morgan fingerprint density at radius 2 is 2.31 bits per heavy atom. The first-order chi connectivity index (χ1) is 6.29. The van der Waals surface area contributed by atoms with Crippen LogP contribution in [0.25, 0.3) is 5.69 Å². The maximum absolute atomic E-state index is 3.98. The minimum atomic E-state index is 0.854. The molecule has 0 radical (unpaired) electrons. The van der Waals surface area contributed by atoms with Gasteiger partial charge in [0.15, 0.2) is 0 Å². The second-order valence-electron chi connectivity index (χ2n) is 2.58. The van der Waals surface area contributed by atoms with Crippen LogP contribution in [0, 0.1) is 6.92 Å². The summed E-state index contributed by atoms with van der Waals surface area (Å²) in [6.07, 6.45) is 5.16. The molecule has 4 nitrogen and oxygen atoms in total. The summed E-state index contributed by atoms with van der Waals surface area (Å²) in [5.74, 6) is 0.854. The maximum Gasteiger partial charge on any atom is 0.134 e. The molecule has 0 bridgehead atoms. The van der Waals surface area contributed by atoms with Crippen LogP contribution in [0.1, 0.15) is 5.82 Å². The molecular weight excluding hydrogens is 232 g/mol. The predicted octanol–water partition coefficient (Wildman–Crippen LogP) is 1.73. The first-order valence-corrected chi connectivity index (χ1v) is 4.55. The van der Waals surface area contributed by atoms with E-state index < -0.39 is 0 Å². The standard InChI is InChI=1S/C8H7BrN4/c1-6-12-11-5-13(6)8-2-3-10-4-7(8)9/h2-5H,1H3. The predicted molar refractivity (Wildman–Crippen MR) is 51.6 cm³/mol. The zero-order valence-corrected chi connectivity index (χ0v) is 8.56. The van der Waals surface area contributed by atoms with E-state index in [2.05, 4.69) is 31.1 Å². The molecule has 0 saturated carbocycles. The lowest BCUT2D eigenvalue weighted by Gasteiger charge is -2.04. The van der Waals surface area contributed by atoms with Gasteiger partial charge in [0.05, 0.1) is 10.2 Å². The summed E-state index contributed by atoms with van der Waals surface area (Å²) >= 11 is 3.41. The third-order valence-corrected chi connectivity index (χ3v) is 2.34. The highest BCUT2D eigenvalue weighted by atomic mass is 79.9. The summed E-state index contributed by atoms with van der Waals surface area (Å²) in [4.78, 5) is 3.98. The van der Waals surface area contributed by atoms with Gasteiger partial charge in [-0.2, -0.15) is 0 Å². The Morgan fingerprint density at radius 3 is 2.92 bits per heavy atom. The Bertz CT molecular complexity index is 424. The van der Waals surface area contributed by atoms with Gasteiger partial charge in [0.2, 0.25) is 0 Å². The van der Waals surface area contributed by atoms with E-state index in [0.717, 1.165) is 16.0 Å². The van der Waals surface area contributed by atoms with Crippen LogP contribution in [0.2, 0.25) is 0 Å². The zero-order valence-electron chi connectivity index (χ0n) is 6.98. The largest absolute Gasteiger partial charge is 0.285 e. The van der Waals surface area contributed by atoms with Gasteiger partial charge in [-0.25, -0.2) is 0 Å². The van der Waals surface area contributed by atoms with Crippen molar-refractivity contribution in [1.82, 2.24) is 19.7 Å². The highest BCUT2D eigenvalue weighted by molar-refractivity contribution is 9.10. The second kappa shape index (κ2) is 3.26. The first kappa shape index (κ1) is 8.37. The third kappa shape index (κ3) is 1.47. The van der Waals surface area contributed by atoms with Gasteiger partial charge in [0, 0.05) is 12.4 Å². The normalized spacial score (nSPS) is 10.3. The van der Waals surface area contributed by atoms with E-state index in [-0.39, 0.29) is 0 Å². The van der Waals surface area contributed by atoms with Crippen LogP contribution >= 0.6 is 15.9 Å². The maximum atomic E-state index is 3.98. The Balaban J connectivity index is 2.59. The van der Waals surface area contributed by atoms with Gasteiger partial charge in [-0.1, -0.05) is 0 Å². The summed E-state index contributed by atoms with van der Waals surface area (Å²) in [5, 5.41) is 7.72. The molecule has 0 spiro atoms. The summed E-state index contributed by atoms with van der Waals surface area (Å²) in [7, 11) is 0. The number of nitrogens with zero attached hydrogens (tertiary/aromatic N) is 4. The van der Waals surface area contributed by atoms with Crippen molar-refractivity contribution in [2.24, 2.45) is 0 Å². The summed E-state index contributed by atoms with van der Waals surface area (Å²) in [6.45, 7) is 1.90. The van der Waals surface area contributed by atoms with Gasteiger partial charge in [0.1, 0.15) is 12.2 Å². The van der Waals surface area contributed by atoms with Gasteiger partial charge in [-0.05, 0) is 28.9 Å². The molecule has 2 aromatic heterocycles. The van der Waals surface area contributed by atoms with Crippen molar-refractivity contribution in [3.63, 3.8) is 0 Å². The highest BCUT2D eigenvalue weighted by Crippen LogP contribution is 2.19. The molecule has 2 heterocycles. The lowest BCUT2D eigenvalue weighted by Crippen LogP contribution is -1.96. The lowest BCUT2D eigenvalue weighted by atomic mass is 10.4. The molecule has 0 aliphatic rings. The number of rotatable bonds is 1. The highest BCUT2D eigenvalue weighted by Gasteiger charge is 2.04. The molecule has 2 rings (SSSR count). The van der Waals surface area contributed by atoms with E-state index in [1.54, 1.807) is 18.7 Å². The van der Waals surface area contributed by atoms with Gasteiger partial charge < -0.3 is 0 Å². The zero-order chi connectivity index (χ0) is 9.26. The molecule has 0 N–H and O–H groups in total. The van der Waals surface area contributed by atoms with Crippen molar-refractivity contribution in [3.05, 3.63) is 35.1 Å². The van der Waals surface area contributed by atoms with Crippen LogP contribution in [-0.2, 0) is 0 Å². The Labute approximate surface area is 83.8 Å². The molecule has 66 valence electrons. The van der Waals surface area contributed by atoms with E-state index >= 15 is 0 Å². The van der Waals surface area contributed by atoms with Crippen LogP contribution in [0.15, 0.2) is 29.3 Å². The van der Waals surface area contributed by atoms with Crippen LogP contribution in [0.5, 0.6) is 0 Å². The average Bonchev–Trinajstić information content (AvgIpc) is 2.52. The van der Waals surface area contributed by atoms with Gasteiger partial charge in [-0.3, -0.25) is 9.55 Å². The fourth-order valence-corrected chi connectivity index (χ4v) is 1.53. The van der Waals surface area contributed by atoms with Crippen molar-refractivity contribution < 1.29 is 0 Å². The van der Waals surface area contributed by atoms with Crippen LogP contribution in [0.3, 0.4) is 0 Å². The molecule has 0 saturated heterocycles. The Hall–Kier alpha value is -1.23. The molecule has 0 aliphatic carbocycles. The third-order valence-electron chi connectivity index (χ3n) is 1.73. The van der Waals surface area contributed by atoms with Crippen molar-refractivity contribution in [3.8, 4) is 5.69 Å². The molecule has 5 heteroatoms. The first-order valence-electron chi connectivity index (χ1n) is 3.75. The van der Waals surface area contributed by atoms with Gasteiger partial charge >= 0.3 is 0 Å². The summed E-state index contributed by atoms with van der Waals surface area (Å²) in [5.41, 5.74) is 0.998. The topological polar surface area (TPSA) is 43.6 Å². The van der Waals surface area contributed by atoms with E-state index in [9.17, 15) is 0 Å². The number of pyridine rings is 1. The van der Waals surface area contributed by atoms with E-state index in [1.165, 1.54) is 0 Å². The molecule has 0 amide bonds. The van der Waals surface area contributed by atoms with E-state index in [0.29, 0.717) is 0 Å². The Morgan fingerprint density at radius 1 is 1.46 bits per heavy atom. The van der Waals surface area contributed by atoms with E-state index in [4.69, 9.17) is 0 Å². The molecule has 13 heavy (non-hydrogen) atoms. The van der Waals surface area contributed by atoms with Crippen LogP contribution < -0.4 is 0 Å². The number of aryl methyl sites for hydroxylation is 1. The monoisotopic (exact) mass is 238 g/mol. The molecular formula is C8H7BrN4. The quantitative estimate of drug-likeness (QED) is 0.761. The molecule has 0 aromatic carbocycles. The second-order valence-corrected chi connectivity index (χ2v) is 3.43. The molecule has 0 aliphatic heterocycles. The minimum absolute atomic E-state index is 0.854. The number of hydrogen-bond donors (Lipinski definition) is 0. The van der Waals surface area contributed by atoms with Crippen molar-refractivity contribution in [2.45, 2.75) is 6.92 Å². The van der Waals surface area contributed by atoms with Crippen LogP contribution in [-0.4, -0.2) is 19.7 Å². The molecule has 0 atom stereocenters. The molecule has 0 fully saturated rings. The minimum Gasteiger partial charge on any atom is -0.285 e. The summed E-state index contributed by atoms with van der Waals surface area (Å²) in [6, 6.07) is 1.90. The molecule has 2 aromatic rings. The SMILES string of the molecule is Cc1nncn1-c1ccncc1Br. The van der Waals surface area contributed by atoms with Crippen molar-refractivity contribution in [2.75, 3.05) is 0 Å². The van der Waals surface area contributed by atoms with Crippen LogP contribution in [0.4, 0.5) is 0 Å². The number of hydrogen-bond acceptors (Lipinski definition) is 3. The van der Waals surface area contributed by atoms with Crippen molar-refractivity contribution >= 4 is 15.9 Å².